The summed E-state index contributed by atoms with van der Waals surface area (Å²) in [4.78, 5) is 25.5. The third kappa shape index (κ3) is 4.94. The normalized spacial score (nSPS) is 9.06. The molecule has 0 bridgehead atoms. The van der Waals surface area contributed by atoms with Crippen LogP contribution in [0, 0.1) is 11.8 Å². The summed E-state index contributed by atoms with van der Waals surface area (Å²) in [5, 5.41) is 2.65. The van der Waals surface area contributed by atoms with Crippen molar-refractivity contribution in [3.05, 3.63) is 29.6 Å². The summed E-state index contributed by atoms with van der Waals surface area (Å²) >= 11 is 0. The van der Waals surface area contributed by atoms with Gasteiger partial charge in [0.2, 0.25) is 5.91 Å². The van der Waals surface area contributed by atoms with Gasteiger partial charge in [-0.2, -0.15) is 0 Å². The molecule has 1 aromatic rings. The fourth-order valence-electron chi connectivity index (χ4n) is 1.14. The molecule has 0 unspecified atom stereocenters. The van der Waals surface area contributed by atoms with Gasteiger partial charge in [0.25, 0.3) is 0 Å². The molecule has 0 aliphatic carbocycles. The van der Waals surface area contributed by atoms with Crippen molar-refractivity contribution >= 4 is 11.7 Å². The summed E-state index contributed by atoms with van der Waals surface area (Å²) in [5.74, 6) is 5.71. The van der Waals surface area contributed by atoms with Gasteiger partial charge in [-0.15, -0.1) is 0 Å². The van der Waals surface area contributed by atoms with Gasteiger partial charge < -0.3 is 5.32 Å². The number of hydrogen-bond acceptors (Lipinski definition) is 3. The SMILES string of the molecule is CC(=O)NCCC#Cc1ccc(C(C)=O)nc1. The molecule has 4 nitrogen and oxygen atoms in total. The Hall–Kier alpha value is -2.15. The van der Waals surface area contributed by atoms with Crippen molar-refractivity contribution in [3.63, 3.8) is 0 Å². The van der Waals surface area contributed by atoms with Gasteiger partial charge >= 0.3 is 0 Å². The lowest BCUT2D eigenvalue weighted by Crippen LogP contribution is -2.20. The number of Topliss-reactive ketones (excluding diaryl/α,β-unsaturated/α-hetero) is 1. The zero-order chi connectivity index (χ0) is 12.7. The fraction of sp³-hybridized carbons (Fsp3) is 0.308. The minimum absolute atomic E-state index is 0.0562. The minimum Gasteiger partial charge on any atom is -0.355 e. The van der Waals surface area contributed by atoms with Crippen molar-refractivity contribution in [2.24, 2.45) is 0 Å². The number of pyridine rings is 1. The van der Waals surface area contributed by atoms with Crippen molar-refractivity contribution in [2.45, 2.75) is 20.3 Å². The predicted molar refractivity (Wildman–Crippen MR) is 64.4 cm³/mol. The van der Waals surface area contributed by atoms with Gasteiger partial charge in [0, 0.05) is 38.6 Å². The molecule has 88 valence electrons. The molecule has 0 saturated carbocycles. The molecule has 1 N–H and O–H groups in total. The Kier molecular flexibility index (Phi) is 4.89. The third-order valence-electron chi connectivity index (χ3n) is 1.98. The summed E-state index contributed by atoms with van der Waals surface area (Å²) < 4.78 is 0. The molecule has 0 radical (unpaired) electrons. The van der Waals surface area contributed by atoms with Gasteiger partial charge in [-0.1, -0.05) is 11.8 Å². The molecule has 1 rings (SSSR count). The highest BCUT2D eigenvalue weighted by Gasteiger charge is 1.98. The molecule has 17 heavy (non-hydrogen) atoms. The number of carbonyl (C=O) groups excluding carboxylic acids is 2. The fourth-order valence-corrected chi connectivity index (χ4v) is 1.14. The summed E-state index contributed by atoms with van der Waals surface area (Å²) in [5.41, 5.74) is 1.20. The van der Waals surface area contributed by atoms with Crippen molar-refractivity contribution in [1.29, 1.82) is 0 Å². The number of amides is 1. The van der Waals surface area contributed by atoms with Crippen LogP contribution < -0.4 is 5.32 Å². The molecular weight excluding hydrogens is 216 g/mol. The van der Waals surface area contributed by atoms with Crippen molar-refractivity contribution < 1.29 is 9.59 Å². The number of rotatable bonds is 3. The molecule has 1 amide bonds. The Morgan fingerprint density at radius 2 is 2.12 bits per heavy atom. The lowest BCUT2D eigenvalue weighted by Gasteiger charge is -1.95. The Bertz CT molecular complexity index is 466. The number of ketones is 1. The van der Waals surface area contributed by atoms with Crippen LogP contribution in [-0.2, 0) is 4.79 Å². The van der Waals surface area contributed by atoms with Gasteiger partial charge in [-0.25, -0.2) is 0 Å². The van der Waals surface area contributed by atoms with Crippen LogP contribution in [0.1, 0.15) is 36.3 Å². The van der Waals surface area contributed by atoms with Gasteiger partial charge in [0.15, 0.2) is 5.78 Å². The van der Waals surface area contributed by atoms with E-state index in [2.05, 4.69) is 22.1 Å². The summed E-state index contributed by atoms with van der Waals surface area (Å²) in [6.45, 7) is 3.49. The van der Waals surface area contributed by atoms with E-state index in [1.807, 2.05) is 0 Å². The number of carbonyl (C=O) groups is 2. The monoisotopic (exact) mass is 230 g/mol. The Morgan fingerprint density at radius 1 is 1.35 bits per heavy atom. The molecule has 4 heteroatoms. The molecule has 1 aromatic heterocycles. The number of aromatic nitrogens is 1. The predicted octanol–water partition coefficient (Wildman–Crippen LogP) is 1.16. The van der Waals surface area contributed by atoms with Crippen LogP contribution >= 0.6 is 0 Å². The zero-order valence-corrected chi connectivity index (χ0v) is 9.91. The van der Waals surface area contributed by atoms with Gasteiger partial charge in [0.1, 0.15) is 5.69 Å². The highest BCUT2D eigenvalue weighted by Crippen LogP contribution is 1.99. The van der Waals surface area contributed by atoms with Crippen LogP contribution in [-0.4, -0.2) is 23.2 Å². The van der Waals surface area contributed by atoms with Crippen molar-refractivity contribution in [3.8, 4) is 11.8 Å². The van der Waals surface area contributed by atoms with Crippen LogP contribution in [0.5, 0.6) is 0 Å². The van der Waals surface area contributed by atoms with E-state index in [1.54, 1.807) is 18.3 Å². The third-order valence-corrected chi connectivity index (χ3v) is 1.98. The zero-order valence-electron chi connectivity index (χ0n) is 9.91. The van der Waals surface area contributed by atoms with Crippen molar-refractivity contribution in [1.82, 2.24) is 10.3 Å². The van der Waals surface area contributed by atoms with Gasteiger partial charge in [0.05, 0.1) is 0 Å². The average Bonchev–Trinajstić information content (AvgIpc) is 2.29. The number of hydrogen-bond donors (Lipinski definition) is 1. The first-order chi connectivity index (χ1) is 8.09. The topological polar surface area (TPSA) is 59.1 Å². The first-order valence-corrected chi connectivity index (χ1v) is 5.30. The second kappa shape index (κ2) is 6.44. The van der Waals surface area contributed by atoms with E-state index in [9.17, 15) is 9.59 Å². The maximum atomic E-state index is 11.0. The molecule has 0 aromatic carbocycles. The molecule has 0 fully saturated rings. The molecular formula is C13H14N2O2. The lowest BCUT2D eigenvalue weighted by molar-refractivity contribution is -0.118. The van der Waals surface area contributed by atoms with E-state index in [4.69, 9.17) is 0 Å². The van der Waals surface area contributed by atoms with Crippen molar-refractivity contribution in [2.75, 3.05) is 6.54 Å². The Morgan fingerprint density at radius 3 is 2.65 bits per heavy atom. The molecule has 0 spiro atoms. The quantitative estimate of drug-likeness (QED) is 0.481. The highest BCUT2D eigenvalue weighted by atomic mass is 16.1. The standard InChI is InChI=1S/C13H14N2O2/c1-10(16)13-7-6-12(9-15-13)5-3-4-8-14-11(2)17/h6-7,9H,4,8H2,1-2H3,(H,14,17). The second-order valence-electron chi connectivity index (χ2n) is 3.52. The lowest BCUT2D eigenvalue weighted by atomic mass is 10.2. The van der Waals surface area contributed by atoms with Gasteiger partial charge in [-0.3, -0.25) is 14.6 Å². The summed E-state index contributed by atoms with van der Waals surface area (Å²) in [7, 11) is 0. The van der Waals surface area contributed by atoms with E-state index >= 15 is 0 Å². The largest absolute Gasteiger partial charge is 0.355 e. The van der Waals surface area contributed by atoms with E-state index < -0.39 is 0 Å². The van der Waals surface area contributed by atoms with E-state index in [-0.39, 0.29) is 11.7 Å². The van der Waals surface area contributed by atoms with Crippen LogP contribution in [0.3, 0.4) is 0 Å². The second-order valence-corrected chi connectivity index (χ2v) is 3.52. The van der Waals surface area contributed by atoms with Crippen LogP contribution in [0.15, 0.2) is 18.3 Å². The summed E-state index contributed by atoms with van der Waals surface area (Å²) in [6.07, 6.45) is 2.16. The van der Waals surface area contributed by atoms with E-state index in [1.165, 1.54) is 13.8 Å². The van der Waals surface area contributed by atoms with Crippen LogP contribution in [0.25, 0.3) is 0 Å². The molecule has 1 heterocycles. The first kappa shape index (κ1) is 12.9. The summed E-state index contributed by atoms with van der Waals surface area (Å²) in [6, 6.07) is 3.41. The Labute approximate surface area is 100 Å². The number of nitrogens with zero attached hydrogens (tertiary/aromatic N) is 1. The average molecular weight is 230 g/mol. The maximum absolute atomic E-state index is 11.0. The smallest absolute Gasteiger partial charge is 0.216 e. The molecule has 0 aliphatic rings. The van der Waals surface area contributed by atoms with E-state index in [0.29, 0.717) is 18.7 Å². The van der Waals surface area contributed by atoms with Crippen LogP contribution in [0.2, 0.25) is 0 Å². The minimum atomic E-state index is -0.0600. The van der Waals surface area contributed by atoms with Crippen LogP contribution in [0.4, 0.5) is 0 Å². The highest BCUT2D eigenvalue weighted by molar-refractivity contribution is 5.92. The number of nitrogens with one attached hydrogen (secondary N) is 1. The Balaban J connectivity index is 2.49. The van der Waals surface area contributed by atoms with E-state index in [0.717, 1.165) is 5.56 Å². The van der Waals surface area contributed by atoms with Gasteiger partial charge in [-0.05, 0) is 12.1 Å². The molecule has 0 atom stereocenters. The maximum Gasteiger partial charge on any atom is 0.216 e. The first-order valence-electron chi connectivity index (χ1n) is 5.30. The molecule has 0 aliphatic heterocycles. The molecule has 0 saturated heterocycles.